The first-order valence-corrected chi connectivity index (χ1v) is 11.2. The summed E-state index contributed by atoms with van der Waals surface area (Å²) < 4.78 is 5.95. The van der Waals surface area contributed by atoms with Gasteiger partial charge in [0.05, 0.1) is 4.92 Å². The Kier molecular flexibility index (Phi) is 6.30. The Labute approximate surface area is 202 Å². The predicted octanol–water partition coefficient (Wildman–Crippen LogP) is 6.54. The smallest absolute Gasteiger partial charge is 0.373 e. The number of fused-ring (bicyclic) bond motifs is 1. The lowest BCUT2D eigenvalue weighted by molar-refractivity contribution is -0.385. The first-order chi connectivity index (χ1) is 17.2. The summed E-state index contributed by atoms with van der Waals surface area (Å²) in [6.07, 6.45) is 1.31. The van der Waals surface area contributed by atoms with Crippen LogP contribution in [-0.2, 0) is 13.1 Å². The van der Waals surface area contributed by atoms with E-state index in [1.807, 2.05) is 102 Å². The van der Waals surface area contributed by atoms with Gasteiger partial charge in [-0.2, -0.15) is 4.98 Å². The molecule has 0 aliphatic carbocycles. The summed E-state index contributed by atoms with van der Waals surface area (Å²) in [6.45, 7) is 0.867. The van der Waals surface area contributed by atoms with Crippen LogP contribution >= 0.6 is 0 Å². The molecule has 0 unspecified atom stereocenters. The van der Waals surface area contributed by atoms with Crippen LogP contribution in [0.3, 0.4) is 0 Å². The molecule has 0 saturated carbocycles. The van der Waals surface area contributed by atoms with E-state index in [4.69, 9.17) is 4.74 Å². The van der Waals surface area contributed by atoms with Gasteiger partial charge in [-0.1, -0.05) is 91.0 Å². The fraction of sp³-hybridized carbons (Fsp3) is 0.0714. The maximum absolute atomic E-state index is 12.3. The molecule has 1 heterocycles. The summed E-state index contributed by atoms with van der Waals surface area (Å²) in [5.41, 5.74) is 1.74. The van der Waals surface area contributed by atoms with E-state index < -0.39 is 4.92 Å². The third kappa shape index (κ3) is 5.09. The normalized spacial score (nSPS) is 10.7. The van der Waals surface area contributed by atoms with Crippen molar-refractivity contribution in [1.82, 2.24) is 9.97 Å². The van der Waals surface area contributed by atoms with Crippen LogP contribution < -0.4 is 9.64 Å². The highest BCUT2D eigenvalue weighted by Crippen LogP contribution is 2.37. The molecular formula is C28H22N4O3. The molecule has 7 nitrogen and oxygen atoms in total. The number of ether oxygens (including phenoxy) is 1. The molecule has 172 valence electrons. The van der Waals surface area contributed by atoms with Gasteiger partial charge in [-0.3, -0.25) is 10.1 Å². The van der Waals surface area contributed by atoms with Crippen LogP contribution in [0.4, 0.5) is 11.5 Å². The minimum atomic E-state index is -0.477. The zero-order valence-electron chi connectivity index (χ0n) is 18.8. The molecule has 0 bridgehead atoms. The van der Waals surface area contributed by atoms with Crippen molar-refractivity contribution in [3.63, 3.8) is 0 Å². The molecule has 0 radical (unpaired) electrons. The van der Waals surface area contributed by atoms with Gasteiger partial charge in [0.25, 0.3) is 0 Å². The van der Waals surface area contributed by atoms with E-state index in [0.717, 1.165) is 21.9 Å². The third-order valence-corrected chi connectivity index (χ3v) is 5.62. The molecule has 0 aliphatic heterocycles. The maximum Gasteiger partial charge on any atom is 0.373 e. The van der Waals surface area contributed by atoms with Crippen molar-refractivity contribution >= 4 is 22.3 Å². The minimum Gasteiger partial charge on any atom is -0.434 e. The fourth-order valence-electron chi connectivity index (χ4n) is 3.98. The van der Waals surface area contributed by atoms with Crippen molar-refractivity contribution in [2.75, 3.05) is 4.90 Å². The molecule has 4 aromatic carbocycles. The van der Waals surface area contributed by atoms with Crippen molar-refractivity contribution in [2.45, 2.75) is 13.1 Å². The summed E-state index contributed by atoms with van der Waals surface area (Å²) >= 11 is 0. The molecular weight excluding hydrogens is 440 g/mol. The van der Waals surface area contributed by atoms with E-state index in [0.29, 0.717) is 18.8 Å². The molecule has 0 amide bonds. The van der Waals surface area contributed by atoms with E-state index in [1.165, 1.54) is 6.33 Å². The van der Waals surface area contributed by atoms with Crippen molar-refractivity contribution in [2.24, 2.45) is 0 Å². The van der Waals surface area contributed by atoms with Crippen molar-refractivity contribution in [3.8, 4) is 11.6 Å². The fourth-order valence-corrected chi connectivity index (χ4v) is 3.98. The van der Waals surface area contributed by atoms with Crippen molar-refractivity contribution in [1.29, 1.82) is 0 Å². The predicted molar refractivity (Wildman–Crippen MR) is 135 cm³/mol. The zero-order valence-corrected chi connectivity index (χ0v) is 18.8. The molecule has 0 spiro atoms. The Morgan fingerprint density at radius 1 is 0.743 bits per heavy atom. The second-order valence-electron chi connectivity index (χ2n) is 8.05. The highest BCUT2D eigenvalue weighted by molar-refractivity contribution is 5.83. The third-order valence-electron chi connectivity index (χ3n) is 5.62. The van der Waals surface area contributed by atoms with E-state index in [9.17, 15) is 10.1 Å². The Bertz CT molecular complexity index is 1420. The molecule has 1 aromatic heterocycles. The molecule has 5 aromatic rings. The van der Waals surface area contributed by atoms with Crippen LogP contribution in [0.2, 0.25) is 0 Å². The van der Waals surface area contributed by atoms with Gasteiger partial charge in [-0.05, 0) is 34.0 Å². The van der Waals surface area contributed by atoms with Gasteiger partial charge in [-0.25, -0.2) is 4.98 Å². The SMILES string of the molecule is O=[N+]([O-])c1c(Oc2ccc3ccccc3c2)ncnc1N(Cc1ccccc1)Cc1ccccc1. The molecule has 35 heavy (non-hydrogen) atoms. The van der Waals surface area contributed by atoms with Crippen molar-refractivity contribution in [3.05, 3.63) is 131 Å². The van der Waals surface area contributed by atoms with Gasteiger partial charge in [0.1, 0.15) is 12.1 Å². The number of benzene rings is 4. The lowest BCUT2D eigenvalue weighted by Gasteiger charge is -2.24. The Morgan fingerprint density at radius 2 is 1.34 bits per heavy atom. The van der Waals surface area contributed by atoms with Gasteiger partial charge in [0, 0.05) is 13.1 Å². The Morgan fingerprint density at radius 3 is 1.97 bits per heavy atom. The van der Waals surface area contributed by atoms with E-state index in [-0.39, 0.29) is 17.4 Å². The highest BCUT2D eigenvalue weighted by atomic mass is 16.6. The van der Waals surface area contributed by atoms with Crippen LogP contribution in [0.25, 0.3) is 10.8 Å². The van der Waals surface area contributed by atoms with Crippen LogP contribution in [-0.4, -0.2) is 14.9 Å². The highest BCUT2D eigenvalue weighted by Gasteiger charge is 2.29. The van der Waals surface area contributed by atoms with Crippen LogP contribution in [0.15, 0.2) is 109 Å². The lowest BCUT2D eigenvalue weighted by atomic mass is 10.1. The van der Waals surface area contributed by atoms with Gasteiger partial charge in [0.15, 0.2) is 0 Å². The summed E-state index contributed by atoms with van der Waals surface area (Å²) in [7, 11) is 0. The molecule has 0 fully saturated rings. The molecule has 0 atom stereocenters. The standard InChI is InChI=1S/C28H22N4O3/c33-32(34)26-27(31(18-21-9-3-1-4-10-21)19-22-11-5-2-6-12-22)29-20-30-28(26)35-25-16-15-23-13-7-8-14-24(23)17-25/h1-17,20H,18-19H2. The van der Waals surface area contributed by atoms with E-state index in [1.54, 1.807) is 6.07 Å². The second kappa shape index (κ2) is 10.0. The quantitative estimate of drug-likeness (QED) is 0.192. The number of hydrogen-bond donors (Lipinski definition) is 0. The summed E-state index contributed by atoms with van der Waals surface area (Å²) in [5, 5.41) is 14.3. The average Bonchev–Trinajstić information content (AvgIpc) is 2.89. The summed E-state index contributed by atoms with van der Waals surface area (Å²) in [6, 6.07) is 33.0. The molecule has 7 heteroatoms. The first-order valence-electron chi connectivity index (χ1n) is 11.2. The molecule has 0 aliphatic rings. The number of aromatic nitrogens is 2. The number of hydrogen-bond acceptors (Lipinski definition) is 6. The largest absolute Gasteiger partial charge is 0.434 e. The minimum absolute atomic E-state index is 0.0959. The first kappa shape index (κ1) is 22.0. The molecule has 0 N–H and O–H groups in total. The van der Waals surface area contributed by atoms with Gasteiger partial charge in [-0.15, -0.1) is 0 Å². The van der Waals surface area contributed by atoms with E-state index >= 15 is 0 Å². The lowest BCUT2D eigenvalue weighted by Crippen LogP contribution is -2.24. The summed E-state index contributed by atoms with van der Waals surface area (Å²) in [4.78, 5) is 22.1. The number of nitro groups is 1. The topological polar surface area (TPSA) is 81.4 Å². The Hall–Kier alpha value is -4.78. The molecule has 5 rings (SSSR count). The molecule has 0 saturated heterocycles. The number of anilines is 1. The maximum atomic E-state index is 12.3. The average molecular weight is 463 g/mol. The Balaban J connectivity index is 1.55. The zero-order chi connectivity index (χ0) is 24.0. The second-order valence-corrected chi connectivity index (χ2v) is 8.05. The van der Waals surface area contributed by atoms with Gasteiger partial charge in [0.2, 0.25) is 5.82 Å². The van der Waals surface area contributed by atoms with Crippen LogP contribution in [0.5, 0.6) is 11.6 Å². The van der Waals surface area contributed by atoms with Crippen LogP contribution in [0.1, 0.15) is 11.1 Å². The monoisotopic (exact) mass is 462 g/mol. The summed E-state index contributed by atoms with van der Waals surface area (Å²) in [5.74, 6) is 0.573. The van der Waals surface area contributed by atoms with Crippen LogP contribution in [0, 0.1) is 10.1 Å². The number of rotatable bonds is 8. The van der Waals surface area contributed by atoms with Gasteiger partial charge < -0.3 is 9.64 Å². The van der Waals surface area contributed by atoms with Gasteiger partial charge >= 0.3 is 11.6 Å². The van der Waals surface area contributed by atoms with E-state index in [2.05, 4.69) is 9.97 Å². The number of nitrogens with zero attached hydrogens (tertiary/aromatic N) is 4. The van der Waals surface area contributed by atoms with Crippen molar-refractivity contribution < 1.29 is 9.66 Å².